The first kappa shape index (κ1) is 17.4. The van der Waals surface area contributed by atoms with Gasteiger partial charge in [-0.05, 0) is 43.2 Å². The summed E-state index contributed by atoms with van der Waals surface area (Å²) >= 11 is 1.43. The molecule has 3 rings (SSSR count). The number of methoxy groups -OCH3 is 1. The maximum absolute atomic E-state index is 12.1. The number of hydrogen-bond donors (Lipinski definition) is 2. The van der Waals surface area contributed by atoms with E-state index in [0.29, 0.717) is 11.4 Å². The molecule has 1 fully saturated rings. The van der Waals surface area contributed by atoms with Crippen LogP contribution in [0.5, 0.6) is 5.75 Å². The normalized spacial score (nSPS) is 13.2. The predicted octanol–water partition coefficient (Wildman–Crippen LogP) is 3.77. The lowest BCUT2D eigenvalue weighted by atomic mass is 10.3. The third-order valence-electron chi connectivity index (χ3n) is 3.77. The molecule has 1 aliphatic carbocycles. The Bertz CT molecular complexity index is 775. The minimum atomic E-state index is -0.0920. The number of anilines is 2. The Morgan fingerprint density at radius 1 is 1.08 bits per heavy atom. The summed E-state index contributed by atoms with van der Waals surface area (Å²) in [5, 5.41) is 5.77. The van der Waals surface area contributed by atoms with Crippen LogP contribution in [-0.4, -0.2) is 24.7 Å². The van der Waals surface area contributed by atoms with Crippen molar-refractivity contribution in [1.82, 2.24) is 0 Å². The lowest BCUT2D eigenvalue weighted by Crippen LogP contribution is -2.14. The van der Waals surface area contributed by atoms with Crippen LogP contribution in [0.15, 0.2) is 53.4 Å². The lowest BCUT2D eigenvalue weighted by Gasteiger charge is -2.08. The first-order valence-electron chi connectivity index (χ1n) is 8.11. The number of benzene rings is 2. The number of hydrogen-bond acceptors (Lipinski definition) is 4. The highest BCUT2D eigenvalue weighted by molar-refractivity contribution is 8.00. The molecular formula is C19H20N2O3S. The van der Waals surface area contributed by atoms with Crippen LogP contribution in [0.25, 0.3) is 0 Å². The van der Waals surface area contributed by atoms with Crippen LogP contribution in [0.1, 0.15) is 12.8 Å². The molecule has 0 aliphatic heterocycles. The van der Waals surface area contributed by atoms with Crippen LogP contribution in [0.4, 0.5) is 11.4 Å². The fourth-order valence-corrected chi connectivity index (χ4v) is 3.06. The summed E-state index contributed by atoms with van der Waals surface area (Å²) in [5.41, 5.74) is 1.48. The molecule has 6 heteroatoms. The summed E-state index contributed by atoms with van der Waals surface area (Å²) in [7, 11) is 1.59. The average Bonchev–Trinajstić information content (AvgIpc) is 3.46. The van der Waals surface area contributed by atoms with E-state index in [1.54, 1.807) is 13.2 Å². The Hall–Kier alpha value is -2.47. The van der Waals surface area contributed by atoms with Gasteiger partial charge in [0.25, 0.3) is 0 Å². The molecule has 0 radical (unpaired) electrons. The van der Waals surface area contributed by atoms with Crippen LogP contribution in [0.3, 0.4) is 0 Å². The molecule has 2 amide bonds. The number of nitrogens with one attached hydrogen (secondary N) is 2. The van der Waals surface area contributed by atoms with Crippen molar-refractivity contribution in [3.8, 4) is 5.75 Å². The fraction of sp³-hybridized carbons (Fsp3) is 0.263. The highest BCUT2D eigenvalue weighted by atomic mass is 32.2. The van der Waals surface area contributed by atoms with Gasteiger partial charge in [-0.25, -0.2) is 0 Å². The molecule has 1 saturated carbocycles. The summed E-state index contributed by atoms with van der Waals surface area (Å²) in [6.45, 7) is 0. The first-order valence-corrected chi connectivity index (χ1v) is 9.10. The van der Waals surface area contributed by atoms with Crippen molar-refractivity contribution in [2.45, 2.75) is 17.7 Å². The van der Waals surface area contributed by atoms with Crippen LogP contribution >= 0.6 is 11.8 Å². The molecule has 0 bridgehead atoms. The van der Waals surface area contributed by atoms with Crippen molar-refractivity contribution < 1.29 is 14.3 Å². The van der Waals surface area contributed by atoms with Gasteiger partial charge in [-0.15, -0.1) is 11.8 Å². The van der Waals surface area contributed by atoms with E-state index in [9.17, 15) is 9.59 Å². The Morgan fingerprint density at radius 3 is 2.52 bits per heavy atom. The van der Waals surface area contributed by atoms with Gasteiger partial charge >= 0.3 is 0 Å². The number of carbonyl (C=O) groups is 2. The minimum absolute atomic E-state index is 0.0814. The van der Waals surface area contributed by atoms with Crippen molar-refractivity contribution >= 4 is 35.0 Å². The number of thioether (sulfide) groups is 1. The van der Waals surface area contributed by atoms with Gasteiger partial charge in [-0.2, -0.15) is 0 Å². The summed E-state index contributed by atoms with van der Waals surface area (Å²) < 4.78 is 5.14. The van der Waals surface area contributed by atoms with Crippen LogP contribution in [0, 0.1) is 5.92 Å². The molecule has 1 aliphatic rings. The maximum Gasteiger partial charge on any atom is 0.234 e. The van der Waals surface area contributed by atoms with E-state index in [4.69, 9.17) is 4.74 Å². The lowest BCUT2D eigenvalue weighted by molar-refractivity contribution is -0.117. The quantitative estimate of drug-likeness (QED) is 0.741. The molecule has 0 heterocycles. The molecule has 0 atom stereocenters. The van der Waals surface area contributed by atoms with Gasteiger partial charge in [0.1, 0.15) is 5.75 Å². The van der Waals surface area contributed by atoms with E-state index in [-0.39, 0.29) is 23.5 Å². The smallest absolute Gasteiger partial charge is 0.234 e. The Balaban J connectivity index is 1.52. The van der Waals surface area contributed by atoms with Gasteiger partial charge in [-0.3, -0.25) is 9.59 Å². The molecule has 0 spiro atoms. The topological polar surface area (TPSA) is 67.4 Å². The second-order valence-electron chi connectivity index (χ2n) is 5.86. The molecule has 0 aromatic heterocycles. The van der Waals surface area contributed by atoms with E-state index in [0.717, 1.165) is 23.4 Å². The van der Waals surface area contributed by atoms with Gasteiger partial charge in [0.15, 0.2) is 0 Å². The van der Waals surface area contributed by atoms with Gasteiger partial charge < -0.3 is 15.4 Å². The molecule has 130 valence electrons. The molecule has 0 saturated heterocycles. The Kier molecular flexibility index (Phi) is 5.60. The van der Waals surface area contributed by atoms with Crippen molar-refractivity contribution in [1.29, 1.82) is 0 Å². The van der Waals surface area contributed by atoms with Crippen molar-refractivity contribution in [2.75, 3.05) is 23.5 Å². The molecule has 2 aromatic rings. The molecule has 2 aromatic carbocycles. The number of ether oxygens (including phenoxy) is 1. The van der Waals surface area contributed by atoms with E-state index in [2.05, 4.69) is 10.6 Å². The van der Waals surface area contributed by atoms with E-state index < -0.39 is 0 Å². The third-order valence-corrected chi connectivity index (χ3v) is 4.77. The zero-order valence-corrected chi connectivity index (χ0v) is 14.8. The molecule has 5 nitrogen and oxygen atoms in total. The zero-order valence-electron chi connectivity index (χ0n) is 14.0. The third kappa shape index (κ3) is 5.26. The SMILES string of the molecule is COc1cccc(NC(=O)CSc2cccc(NC(=O)C3CC3)c2)c1. The summed E-state index contributed by atoms with van der Waals surface area (Å²) in [6, 6.07) is 14.8. The van der Waals surface area contributed by atoms with Gasteiger partial charge in [0, 0.05) is 28.3 Å². The molecular weight excluding hydrogens is 336 g/mol. The van der Waals surface area contributed by atoms with Crippen molar-refractivity contribution in [3.63, 3.8) is 0 Å². The fourth-order valence-electron chi connectivity index (χ4n) is 2.30. The van der Waals surface area contributed by atoms with Gasteiger partial charge in [-0.1, -0.05) is 12.1 Å². The van der Waals surface area contributed by atoms with Crippen molar-refractivity contribution in [2.24, 2.45) is 5.92 Å². The summed E-state index contributed by atoms with van der Waals surface area (Å²) in [4.78, 5) is 24.9. The van der Waals surface area contributed by atoms with Crippen LogP contribution < -0.4 is 15.4 Å². The second-order valence-corrected chi connectivity index (χ2v) is 6.91. The summed E-state index contributed by atoms with van der Waals surface area (Å²) in [6.07, 6.45) is 1.95. The number of carbonyl (C=O) groups excluding carboxylic acids is 2. The van der Waals surface area contributed by atoms with E-state index in [1.807, 2.05) is 42.5 Å². The molecule has 0 unspecified atom stereocenters. The molecule has 2 N–H and O–H groups in total. The highest BCUT2D eigenvalue weighted by Gasteiger charge is 2.29. The average molecular weight is 356 g/mol. The Labute approximate surface area is 151 Å². The highest BCUT2D eigenvalue weighted by Crippen LogP contribution is 2.30. The summed E-state index contributed by atoms with van der Waals surface area (Å²) in [5.74, 6) is 1.15. The minimum Gasteiger partial charge on any atom is -0.497 e. The number of amides is 2. The zero-order chi connectivity index (χ0) is 17.6. The monoisotopic (exact) mass is 356 g/mol. The number of rotatable bonds is 7. The Morgan fingerprint density at radius 2 is 1.80 bits per heavy atom. The second kappa shape index (κ2) is 8.07. The van der Waals surface area contributed by atoms with Gasteiger partial charge in [0.05, 0.1) is 12.9 Å². The van der Waals surface area contributed by atoms with Crippen molar-refractivity contribution in [3.05, 3.63) is 48.5 Å². The van der Waals surface area contributed by atoms with E-state index >= 15 is 0 Å². The van der Waals surface area contributed by atoms with Crippen LogP contribution in [-0.2, 0) is 9.59 Å². The molecule has 25 heavy (non-hydrogen) atoms. The largest absolute Gasteiger partial charge is 0.497 e. The maximum atomic E-state index is 12.1. The van der Waals surface area contributed by atoms with E-state index in [1.165, 1.54) is 11.8 Å². The van der Waals surface area contributed by atoms with Gasteiger partial charge in [0.2, 0.25) is 11.8 Å². The standard InChI is InChI=1S/C19H20N2O3S/c1-24-16-6-2-4-14(10-16)20-18(22)12-25-17-7-3-5-15(11-17)21-19(23)13-8-9-13/h2-7,10-11,13H,8-9,12H2,1H3,(H,20,22)(H,21,23). The van der Waals surface area contributed by atoms with Crippen LogP contribution in [0.2, 0.25) is 0 Å². The first-order chi connectivity index (χ1) is 12.1. The predicted molar refractivity (Wildman–Crippen MR) is 100 cm³/mol.